The van der Waals surface area contributed by atoms with Crippen LogP contribution in [0.1, 0.15) is 11.5 Å². The number of phenols is 1. The quantitative estimate of drug-likeness (QED) is 0.585. The largest absolute Gasteiger partial charge is 0.504 e. The van der Waals surface area contributed by atoms with E-state index in [0.29, 0.717) is 18.2 Å². The summed E-state index contributed by atoms with van der Waals surface area (Å²) in [6.45, 7) is 2.40. The highest BCUT2D eigenvalue weighted by Gasteiger charge is 2.16. The number of phenolic OH excluding ortho intramolecular Hbond substituents is 1. The highest BCUT2D eigenvalue weighted by atomic mass is 16.5. The van der Waals surface area contributed by atoms with Crippen LogP contribution >= 0.6 is 0 Å². The van der Waals surface area contributed by atoms with E-state index in [1.54, 1.807) is 36.9 Å². The van der Waals surface area contributed by atoms with Crippen LogP contribution in [-0.4, -0.2) is 36.3 Å². The topological polar surface area (TPSA) is 91.1 Å². The van der Waals surface area contributed by atoms with Crippen LogP contribution in [0.25, 0.3) is 23.0 Å². The van der Waals surface area contributed by atoms with Gasteiger partial charge in [0.15, 0.2) is 17.3 Å². The maximum atomic E-state index is 9.76. The summed E-state index contributed by atoms with van der Waals surface area (Å²) in [7, 11) is 3.43. The fourth-order valence-corrected chi connectivity index (χ4v) is 2.91. The lowest BCUT2D eigenvalue weighted by molar-refractivity contribution is 0.373. The smallest absolute Gasteiger partial charge is 0.226 e. The molecule has 138 valence electrons. The Morgan fingerprint density at radius 3 is 2.89 bits per heavy atom. The van der Waals surface area contributed by atoms with Crippen molar-refractivity contribution in [2.24, 2.45) is 7.05 Å². The summed E-state index contributed by atoms with van der Waals surface area (Å²) in [5.74, 6) is 2.46. The fraction of sp³-hybridized carbons (Fsp3) is 0.211. The molecule has 0 bridgehead atoms. The predicted octanol–water partition coefficient (Wildman–Crippen LogP) is 3.01. The molecule has 0 atom stereocenters. The highest BCUT2D eigenvalue weighted by Crippen LogP contribution is 2.32. The molecule has 0 spiro atoms. The molecule has 0 unspecified atom stereocenters. The van der Waals surface area contributed by atoms with E-state index in [1.165, 1.54) is 7.11 Å². The lowest BCUT2D eigenvalue weighted by atomic mass is 10.2. The minimum atomic E-state index is 0.0731. The second-order valence-electron chi connectivity index (χ2n) is 6.18. The average molecular weight is 365 g/mol. The van der Waals surface area contributed by atoms with Crippen molar-refractivity contribution < 1.29 is 14.3 Å². The van der Waals surface area contributed by atoms with Crippen molar-refractivity contribution in [1.29, 1.82) is 0 Å². The van der Waals surface area contributed by atoms with Crippen LogP contribution in [0.5, 0.6) is 11.5 Å². The minimum absolute atomic E-state index is 0.0731. The van der Waals surface area contributed by atoms with Gasteiger partial charge in [-0.3, -0.25) is 0 Å². The Kier molecular flexibility index (Phi) is 4.15. The maximum absolute atomic E-state index is 9.76. The summed E-state index contributed by atoms with van der Waals surface area (Å²) in [6.07, 6.45) is 7.18. The summed E-state index contributed by atoms with van der Waals surface area (Å²) in [5, 5.41) is 9.76. The van der Waals surface area contributed by atoms with Crippen LogP contribution in [0.2, 0.25) is 0 Å². The summed E-state index contributed by atoms with van der Waals surface area (Å²) in [6, 6.07) is 5.00. The molecule has 1 aromatic carbocycles. The van der Waals surface area contributed by atoms with Crippen LogP contribution in [0.4, 0.5) is 0 Å². The standard InChI is InChI=1S/C19H19N5O3/c1-12-14(10-24-7-6-21-18(24)15-9-20-11-23(15)2)22-19(27-12)13-4-5-16(25)17(8-13)26-3/h4-9,11,25H,10H2,1-3H3. The van der Waals surface area contributed by atoms with Gasteiger partial charge in [0, 0.05) is 25.0 Å². The number of hydrogen-bond donors (Lipinski definition) is 1. The number of aromatic nitrogens is 5. The number of aromatic hydroxyl groups is 1. The van der Waals surface area contributed by atoms with Crippen molar-refractivity contribution in [2.75, 3.05) is 7.11 Å². The summed E-state index contributed by atoms with van der Waals surface area (Å²) in [5.41, 5.74) is 2.46. The van der Waals surface area contributed by atoms with E-state index in [9.17, 15) is 5.11 Å². The van der Waals surface area contributed by atoms with Gasteiger partial charge in [-0.2, -0.15) is 0 Å². The monoisotopic (exact) mass is 365 g/mol. The van der Waals surface area contributed by atoms with E-state index in [0.717, 1.165) is 28.5 Å². The summed E-state index contributed by atoms with van der Waals surface area (Å²) < 4.78 is 14.9. The van der Waals surface area contributed by atoms with Gasteiger partial charge in [-0.05, 0) is 25.1 Å². The molecule has 8 heteroatoms. The molecule has 0 radical (unpaired) electrons. The molecule has 8 nitrogen and oxygen atoms in total. The normalized spacial score (nSPS) is 11.1. The Morgan fingerprint density at radius 2 is 2.15 bits per heavy atom. The van der Waals surface area contributed by atoms with Crippen LogP contribution in [0, 0.1) is 6.92 Å². The predicted molar refractivity (Wildman–Crippen MR) is 98.4 cm³/mol. The van der Waals surface area contributed by atoms with Gasteiger partial charge in [0.2, 0.25) is 5.89 Å². The van der Waals surface area contributed by atoms with Gasteiger partial charge in [0.25, 0.3) is 0 Å². The molecule has 4 rings (SSSR count). The van der Waals surface area contributed by atoms with E-state index in [-0.39, 0.29) is 5.75 Å². The molecule has 0 fully saturated rings. The second kappa shape index (κ2) is 6.64. The third kappa shape index (κ3) is 3.05. The molecular formula is C19H19N5O3. The van der Waals surface area contributed by atoms with Gasteiger partial charge in [0.1, 0.15) is 17.1 Å². The van der Waals surface area contributed by atoms with Gasteiger partial charge < -0.3 is 23.4 Å². The third-order valence-corrected chi connectivity index (χ3v) is 4.40. The number of rotatable bonds is 5. The maximum Gasteiger partial charge on any atom is 0.226 e. The van der Waals surface area contributed by atoms with Gasteiger partial charge in [-0.25, -0.2) is 15.0 Å². The number of nitrogens with zero attached hydrogens (tertiary/aromatic N) is 5. The number of aryl methyl sites for hydroxylation is 2. The van der Waals surface area contributed by atoms with Crippen LogP contribution in [-0.2, 0) is 13.6 Å². The number of hydrogen-bond acceptors (Lipinski definition) is 6. The molecule has 3 aromatic heterocycles. The molecule has 0 saturated heterocycles. The molecule has 0 amide bonds. The summed E-state index contributed by atoms with van der Waals surface area (Å²) >= 11 is 0. The van der Waals surface area contributed by atoms with Crippen LogP contribution in [0.15, 0.2) is 47.5 Å². The second-order valence-corrected chi connectivity index (χ2v) is 6.18. The third-order valence-electron chi connectivity index (χ3n) is 4.40. The highest BCUT2D eigenvalue weighted by molar-refractivity contribution is 5.60. The Bertz CT molecular complexity index is 1090. The molecule has 0 aliphatic carbocycles. The van der Waals surface area contributed by atoms with Crippen LogP contribution in [0.3, 0.4) is 0 Å². The lowest BCUT2D eigenvalue weighted by Gasteiger charge is -2.06. The molecule has 0 aliphatic rings. The average Bonchev–Trinajstić information content (AvgIpc) is 3.37. The molecule has 27 heavy (non-hydrogen) atoms. The van der Waals surface area contributed by atoms with Gasteiger partial charge in [-0.1, -0.05) is 0 Å². The number of methoxy groups -OCH3 is 1. The number of ether oxygens (including phenoxy) is 1. The molecular weight excluding hydrogens is 346 g/mol. The zero-order chi connectivity index (χ0) is 19.0. The van der Waals surface area contributed by atoms with Crippen LogP contribution < -0.4 is 4.74 Å². The lowest BCUT2D eigenvalue weighted by Crippen LogP contribution is -2.04. The first kappa shape index (κ1) is 16.9. The van der Waals surface area contributed by atoms with Gasteiger partial charge in [-0.15, -0.1) is 0 Å². The molecule has 0 saturated carbocycles. The van der Waals surface area contributed by atoms with Gasteiger partial charge in [0.05, 0.1) is 26.2 Å². The zero-order valence-corrected chi connectivity index (χ0v) is 15.2. The van der Waals surface area contributed by atoms with Gasteiger partial charge >= 0.3 is 0 Å². The number of imidazole rings is 2. The fourth-order valence-electron chi connectivity index (χ4n) is 2.91. The Morgan fingerprint density at radius 1 is 1.30 bits per heavy atom. The van der Waals surface area contributed by atoms with E-state index in [2.05, 4.69) is 15.0 Å². The molecule has 0 aliphatic heterocycles. The van der Waals surface area contributed by atoms with Crippen molar-refractivity contribution in [3.63, 3.8) is 0 Å². The Balaban J connectivity index is 1.66. The summed E-state index contributed by atoms with van der Waals surface area (Å²) in [4.78, 5) is 13.2. The van der Waals surface area contributed by atoms with Crippen molar-refractivity contribution in [2.45, 2.75) is 13.5 Å². The molecule has 4 aromatic rings. The molecule has 1 N–H and O–H groups in total. The first-order chi connectivity index (χ1) is 13.1. The van der Waals surface area contributed by atoms with E-state index in [4.69, 9.17) is 9.15 Å². The van der Waals surface area contributed by atoms with E-state index >= 15 is 0 Å². The first-order valence-electron chi connectivity index (χ1n) is 8.38. The Labute approximate surface area is 155 Å². The van der Waals surface area contributed by atoms with E-state index in [1.807, 2.05) is 29.3 Å². The van der Waals surface area contributed by atoms with Crippen molar-refractivity contribution in [3.05, 3.63) is 54.6 Å². The SMILES string of the molecule is COc1cc(-c2nc(Cn3ccnc3-c3cncn3C)c(C)o2)ccc1O. The molecule has 3 heterocycles. The van der Waals surface area contributed by atoms with Crippen molar-refractivity contribution in [3.8, 4) is 34.5 Å². The van der Waals surface area contributed by atoms with Crippen molar-refractivity contribution >= 4 is 0 Å². The van der Waals surface area contributed by atoms with E-state index < -0.39 is 0 Å². The minimum Gasteiger partial charge on any atom is -0.504 e. The zero-order valence-electron chi connectivity index (χ0n) is 15.2. The number of benzene rings is 1. The van der Waals surface area contributed by atoms with Crippen molar-refractivity contribution in [1.82, 2.24) is 24.1 Å². The number of oxazole rings is 1. The Hall–Kier alpha value is -3.55. The first-order valence-corrected chi connectivity index (χ1v) is 8.38.